The summed E-state index contributed by atoms with van der Waals surface area (Å²) in [5, 5.41) is 2.70. The van der Waals surface area contributed by atoms with Gasteiger partial charge in [-0.3, -0.25) is 4.79 Å². The Bertz CT molecular complexity index is 793. The summed E-state index contributed by atoms with van der Waals surface area (Å²) in [6.45, 7) is 0.550. The highest BCUT2D eigenvalue weighted by atomic mass is 32.2. The molecule has 0 spiro atoms. The number of rotatable bonds is 5. The Morgan fingerprint density at radius 3 is 2.72 bits per heavy atom. The van der Waals surface area contributed by atoms with Crippen LogP contribution < -0.4 is 14.8 Å². The highest BCUT2D eigenvalue weighted by Gasteiger charge is 2.16. The van der Waals surface area contributed by atoms with E-state index in [1.165, 1.54) is 0 Å². The fraction of sp³-hybridized carbons (Fsp3) is 0.222. The lowest BCUT2D eigenvalue weighted by atomic mass is 10.2. The van der Waals surface area contributed by atoms with E-state index in [0.717, 1.165) is 4.90 Å². The minimum Gasteiger partial charge on any atom is -0.486 e. The number of hydrogen-bond acceptors (Lipinski definition) is 6. The third-order valence-electron chi connectivity index (χ3n) is 3.47. The normalized spacial score (nSPS) is 12.4. The van der Waals surface area contributed by atoms with Crippen molar-refractivity contribution in [3.63, 3.8) is 0 Å². The largest absolute Gasteiger partial charge is 0.486 e. The van der Waals surface area contributed by atoms with Gasteiger partial charge in [0, 0.05) is 10.6 Å². The summed E-state index contributed by atoms with van der Waals surface area (Å²) in [6.07, 6.45) is 1.95. The molecule has 0 saturated heterocycles. The summed E-state index contributed by atoms with van der Waals surface area (Å²) < 4.78 is 15.9. The van der Waals surface area contributed by atoms with Crippen LogP contribution in [0.5, 0.6) is 11.5 Å². The van der Waals surface area contributed by atoms with Gasteiger partial charge in [0.2, 0.25) is 0 Å². The molecule has 0 radical (unpaired) electrons. The highest BCUT2D eigenvalue weighted by molar-refractivity contribution is 7.98. The van der Waals surface area contributed by atoms with Gasteiger partial charge >= 0.3 is 5.97 Å². The van der Waals surface area contributed by atoms with Crippen LogP contribution in [0.4, 0.5) is 5.69 Å². The van der Waals surface area contributed by atoms with Gasteiger partial charge in [0.15, 0.2) is 18.1 Å². The quantitative estimate of drug-likeness (QED) is 0.654. The molecule has 0 saturated carbocycles. The second-order valence-electron chi connectivity index (χ2n) is 5.21. The van der Waals surface area contributed by atoms with Gasteiger partial charge in [-0.15, -0.1) is 11.8 Å². The van der Waals surface area contributed by atoms with Crippen molar-refractivity contribution in [2.24, 2.45) is 0 Å². The molecule has 0 atom stereocenters. The maximum atomic E-state index is 12.1. The molecule has 6 nitrogen and oxygen atoms in total. The fourth-order valence-corrected chi connectivity index (χ4v) is 2.74. The number of hydrogen-bond donors (Lipinski definition) is 1. The molecule has 7 heteroatoms. The number of thioether (sulfide) groups is 1. The Kier molecular flexibility index (Phi) is 5.45. The first-order chi connectivity index (χ1) is 12.2. The summed E-state index contributed by atoms with van der Waals surface area (Å²) in [5.74, 6) is 0.0994. The van der Waals surface area contributed by atoms with Gasteiger partial charge in [0.05, 0.1) is 5.56 Å². The maximum Gasteiger partial charge on any atom is 0.338 e. The molecule has 1 heterocycles. The Labute approximate surface area is 149 Å². The molecule has 0 fully saturated rings. The summed E-state index contributed by atoms with van der Waals surface area (Å²) in [7, 11) is 0. The molecule has 2 aromatic carbocycles. The third-order valence-corrected chi connectivity index (χ3v) is 4.19. The molecule has 0 aromatic heterocycles. The lowest BCUT2D eigenvalue weighted by molar-refractivity contribution is -0.119. The molecule has 0 unspecified atom stereocenters. The topological polar surface area (TPSA) is 73.9 Å². The van der Waals surface area contributed by atoms with Crippen LogP contribution in [0.2, 0.25) is 0 Å². The minimum absolute atomic E-state index is 0.307. The van der Waals surface area contributed by atoms with E-state index >= 15 is 0 Å². The number of anilines is 1. The van der Waals surface area contributed by atoms with Crippen LogP contribution >= 0.6 is 11.8 Å². The van der Waals surface area contributed by atoms with Crippen molar-refractivity contribution in [1.82, 2.24) is 0 Å². The summed E-state index contributed by atoms with van der Waals surface area (Å²) >= 11 is 1.58. The van der Waals surface area contributed by atoms with Crippen LogP contribution in [-0.2, 0) is 9.53 Å². The first kappa shape index (κ1) is 17.2. The smallest absolute Gasteiger partial charge is 0.338 e. The standard InChI is InChI=1S/C18H17NO5S/c1-25-14-4-2-3-13(10-14)19-17(20)11-24-18(21)12-5-6-15-16(9-12)23-8-7-22-15/h2-6,9-10H,7-8,11H2,1H3,(H,19,20). The van der Waals surface area contributed by atoms with Crippen LogP contribution in [0.1, 0.15) is 10.4 Å². The van der Waals surface area contributed by atoms with E-state index in [1.807, 2.05) is 24.5 Å². The van der Waals surface area contributed by atoms with Crippen LogP contribution in [0.3, 0.4) is 0 Å². The van der Waals surface area contributed by atoms with E-state index < -0.39 is 11.9 Å². The van der Waals surface area contributed by atoms with E-state index in [2.05, 4.69) is 5.32 Å². The number of carbonyl (C=O) groups is 2. The zero-order valence-corrected chi connectivity index (χ0v) is 14.4. The van der Waals surface area contributed by atoms with Crippen LogP contribution in [-0.4, -0.2) is 38.0 Å². The van der Waals surface area contributed by atoms with Gasteiger partial charge in [-0.05, 0) is 42.7 Å². The lowest BCUT2D eigenvalue weighted by Gasteiger charge is -2.18. The molecular formula is C18H17NO5S. The Morgan fingerprint density at radius 1 is 1.12 bits per heavy atom. The molecule has 1 aliphatic heterocycles. The lowest BCUT2D eigenvalue weighted by Crippen LogP contribution is -2.21. The number of fused-ring (bicyclic) bond motifs is 1. The first-order valence-corrected chi connectivity index (χ1v) is 8.89. The van der Waals surface area contributed by atoms with Crippen molar-refractivity contribution in [3.05, 3.63) is 48.0 Å². The van der Waals surface area contributed by atoms with E-state index in [4.69, 9.17) is 14.2 Å². The molecule has 2 aromatic rings. The Morgan fingerprint density at radius 2 is 1.92 bits per heavy atom. The number of carbonyl (C=O) groups excluding carboxylic acids is 2. The first-order valence-electron chi connectivity index (χ1n) is 7.66. The van der Waals surface area contributed by atoms with Crippen molar-refractivity contribution in [2.75, 3.05) is 31.4 Å². The third kappa shape index (κ3) is 4.45. The van der Waals surface area contributed by atoms with Crippen molar-refractivity contribution in [1.29, 1.82) is 0 Å². The molecule has 0 aliphatic carbocycles. The zero-order chi connectivity index (χ0) is 17.6. The monoisotopic (exact) mass is 359 g/mol. The average Bonchev–Trinajstić information content (AvgIpc) is 2.65. The molecule has 3 rings (SSSR count). The second-order valence-corrected chi connectivity index (χ2v) is 6.09. The van der Waals surface area contributed by atoms with Crippen LogP contribution in [0, 0.1) is 0 Å². The number of benzene rings is 2. The van der Waals surface area contributed by atoms with Crippen molar-refractivity contribution >= 4 is 29.3 Å². The number of nitrogens with one attached hydrogen (secondary N) is 1. The number of esters is 1. The van der Waals surface area contributed by atoms with Gasteiger partial charge in [-0.2, -0.15) is 0 Å². The van der Waals surface area contributed by atoms with Gasteiger partial charge < -0.3 is 19.5 Å². The predicted molar refractivity (Wildman–Crippen MR) is 94.6 cm³/mol. The van der Waals surface area contributed by atoms with Gasteiger partial charge in [0.25, 0.3) is 5.91 Å². The SMILES string of the molecule is CSc1cccc(NC(=O)COC(=O)c2ccc3c(c2)OCCO3)c1. The predicted octanol–water partition coefficient (Wildman–Crippen LogP) is 2.98. The fourth-order valence-electron chi connectivity index (χ4n) is 2.28. The van der Waals surface area contributed by atoms with Crippen molar-refractivity contribution < 1.29 is 23.8 Å². The van der Waals surface area contributed by atoms with Gasteiger partial charge in [-0.1, -0.05) is 6.07 Å². The van der Waals surface area contributed by atoms with Gasteiger partial charge in [-0.25, -0.2) is 4.79 Å². The zero-order valence-electron chi connectivity index (χ0n) is 13.6. The van der Waals surface area contributed by atoms with E-state index in [1.54, 1.807) is 36.0 Å². The van der Waals surface area contributed by atoms with Crippen LogP contribution in [0.15, 0.2) is 47.4 Å². The minimum atomic E-state index is -0.593. The van der Waals surface area contributed by atoms with E-state index in [-0.39, 0.29) is 6.61 Å². The Hall–Kier alpha value is -2.67. The average molecular weight is 359 g/mol. The molecule has 1 aliphatic rings. The molecular weight excluding hydrogens is 342 g/mol. The summed E-state index contributed by atoms with van der Waals surface area (Å²) in [5.41, 5.74) is 0.966. The molecule has 1 amide bonds. The van der Waals surface area contributed by atoms with Gasteiger partial charge in [0.1, 0.15) is 13.2 Å². The maximum absolute atomic E-state index is 12.1. The molecule has 1 N–H and O–H groups in total. The second kappa shape index (κ2) is 7.94. The van der Waals surface area contributed by atoms with E-state index in [9.17, 15) is 9.59 Å². The van der Waals surface area contributed by atoms with E-state index in [0.29, 0.717) is 36.0 Å². The molecule has 130 valence electrons. The highest BCUT2D eigenvalue weighted by Crippen LogP contribution is 2.30. The number of ether oxygens (including phenoxy) is 3. The molecule has 25 heavy (non-hydrogen) atoms. The molecule has 0 bridgehead atoms. The number of amides is 1. The van der Waals surface area contributed by atoms with Crippen molar-refractivity contribution in [2.45, 2.75) is 4.90 Å². The summed E-state index contributed by atoms with van der Waals surface area (Å²) in [6, 6.07) is 12.2. The Balaban J connectivity index is 1.55. The summed E-state index contributed by atoms with van der Waals surface area (Å²) in [4.78, 5) is 25.1. The van der Waals surface area contributed by atoms with Crippen molar-refractivity contribution in [3.8, 4) is 11.5 Å². The van der Waals surface area contributed by atoms with Crippen LogP contribution in [0.25, 0.3) is 0 Å².